The molecule has 32 heavy (non-hydrogen) atoms. The first-order valence-corrected chi connectivity index (χ1v) is 11.3. The summed E-state index contributed by atoms with van der Waals surface area (Å²) in [6.07, 6.45) is 4.30. The number of pyridine rings is 1. The Kier molecular flexibility index (Phi) is 8.12. The van der Waals surface area contributed by atoms with Gasteiger partial charge in [0.1, 0.15) is 4.60 Å². The van der Waals surface area contributed by atoms with Crippen LogP contribution in [0.5, 0.6) is 0 Å². The maximum atomic E-state index is 12.6. The van der Waals surface area contributed by atoms with E-state index < -0.39 is 0 Å². The number of Topliss-reactive ketones (excluding diaryl/α,β-unsaturated/α-hetero) is 1. The number of ketones is 1. The molecule has 4 aromatic rings. The average molecular weight is 490 g/mol. The minimum absolute atomic E-state index is 0.0460. The number of aromatic nitrogens is 3. The third-order valence-electron chi connectivity index (χ3n) is 5.04. The molecule has 5 heteroatoms. The summed E-state index contributed by atoms with van der Waals surface area (Å²) >= 11 is 3.34. The van der Waals surface area contributed by atoms with Crippen LogP contribution in [0.15, 0.2) is 77.8 Å². The smallest absolute Gasteiger partial charge is 0.182 e. The van der Waals surface area contributed by atoms with Gasteiger partial charge >= 0.3 is 0 Å². The van der Waals surface area contributed by atoms with Crippen molar-refractivity contribution in [3.8, 4) is 0 Å². The summed E-state index contributed by atoms with van der Waals surface area (Å²) in [4.78, 5) is 21.0. The minimum Gasteiger partial charge on any atom is -0.326 e. The van der Waals surface area contributed by atoms with Gasteiger partial charge in [-0.25, -0.2) is 9.97 Å². The van der Waals surface area contributed by atoms with E-state index in [0.717, 1.165) is 17.8 Å². The van der Waals surface area contributed by atoms with Gasteiger partial charge < -0.3 is 4.57 Å². The molecule has 0 fully saturated rings. The van der Waals surface area contributed by atoms with E-state index in [1.165, 1.54) is 22.3 Å². The second-order valence-corrected chi connectivity index (χ2v) is 8.89. The van der Waals surface area contributed by atoms with E-state index in [1.807, 2.05) is 29.8 Å². The summed E-state index contributed by atoms with van der Waals surface area (Å²) in [5.74, 6) is 0.0460. The van der Waals surface area contributed by atoms with Crippen LogP contribution in [0.4, 0.5) is 0 Å². The van der Waals surface area contributed by atoms with E-state index in [-0.39, 0.29) is 12.3 Å². The van der Waals surface area contributed by atoms with Gasteiger partial charge in [0.25, 0.3) is 0 Å². The largest absolute Gasteiger partial charge is 0.326 e. The molecular formula is C27H28BrN3O. The van der Waals surface area contributed by atoms with Crippen LogP contribution in [0, 0.1) is 27.7 Å². The molecule has 0 atom stereocenters. The van der Waals surface area contributed by atoms with Gasteiger partial charge in [0.2, 0.25) is 0 Å². The summed E-state index contributed by atoms with van der Waals surface area (Å²) in [6, 6.07) is 20.4. The van der Waals surface area contributed by atoms with Gasteiger partial charge in [-0.2, -0.15) is 0 Å². The van der Waals surface area contributed by atoms with Crippen molar-refractivity contribution in [3.63, 3.8) is 0 Å². The van der Waals surface area contributed by atoms with Crippen LogP contribution in [0.2, 0.25) is 0 Å². The molecule has 2 aromatic carbocycles. The highest BCUT2D eigenvalue weighted by Crippen LogP contribution is 2.15. The average Bonchev–Trinajstić information content (AvgIpc) is 3.16. The van der Waals surface area contributed by atoms with Gasteiger partial charge in [0.15, 0.2) is 5.78 Å². The van der Waals surface area contributed by atoms with Crippen LogP contribution in [-0.2, 0) is 13.0 Å². The van der Waals surface area contributed by atoms with Crippen LogP contribution in [0.3, 0.4) is 0 Å². The Labute approximate surface area is 198 Å². The van der Waals surface area contributed by atoms with Crippen molar-refractivity contribution in [1.82, 2.24) is 14.5 Å². The zero-order chi connectivity index (χ0) is 23.1. The standard InChI is InChI=1S/C19H18BrN3O.C8H10/c1-13-4-3-5-15(6-13)8-17-10-21-12-23(17)11-18(24)16-7-14(2)22-19(20)9-16;1-7-3-5-8(2)6-4-7/h3-7,9-10,12H,8,11H2,1-2H3;3-6H,1-2H3. The number of hydrogen-bond donors (Lipinski definition) is 0. The fourth-order valence-electron chi connectivity index (χ4n) is 3.34. The Hall–Kier alpha value is -3.05. The molecule has 164 valence electrons. The van der Waals surface area contributed by atoms with Crippen molar-refractivity contribution in [2.45, 2.75) is 40.7 Å². The first-order valence-electron chi connectivity index (χ1n) is 10.6. The van der Waals surface area contributed by atoms with Gasteiger partial charge in [-0.1, -0.05) is 65.2 Å². The first-order chi connectivity index (χ1) is 15.3. The fourth-order valence-corrected chi connectivity index (χ4v) is 3.87. The molecule has 0 bridgehead atoms. The van der Waals surface area contributed by atoms with E-state index in [4.69, 9.17) is 0 Å². The van der Waals surface area contributed by atoms with E-state index >= 15 is 0 Å². The number of benzene rings is 2. The lowest BCUT2D eigenvalue weighted by atomic mass is 10.1. The third-order valence-corrected chi connectivity index (χ3v) is 5.45. The summed E-state index contributed by atoms with van der Waals surface area (Å²) in [5.41, 5.74) is 7.60. The Morgan fingerprint density at radius 3 is 2.22 bits per heavy atom. The molecule has 0 saturated heterocycles. The van der Waals surface area contributed by atoms with E-state index in [1.54, 1.807) is 12.4 Å². The normalized spacial score (nSPS) is 10.4. The first kappa shape index (κ1) is 23.6. The monoisotopic (exact) mass is 489 g/mol. The number of aryl methyl sites for hydroxylation is 4. The highest BCUT2D eigenvalue weighted by atomic mass is 79.9. The van der Waals surface area contributed by atoms with E-state index in [9.17, 15) is 4.79 Å². The number of carbonyl (C=O) groups is 1. The van der Waals surface area contributed by atoms with Crippen LogP contribution in [-0.4, -0.2) is 20.3 Å². The van der Waals surface area contributed by atoms with Crippen molar-refractivity contribution in [2.24, 2.45) is 0 Å². The van der Waals surface area contributed by atoms with Gasteiger partial charge in [-0.05, 0) is 61.3 Å². The molecule has 4 rings (SSSR count). The van der Waals surface area contributed by atoms with Crippen molar-refractivity contribution in [2.75, 3.05) is 0 Å². The molecule has 0 aliphatic carbocycles. The van der Waals surface area contributed by atoms with Crippen molar-refractivity contribution in [1.29, 1.82) is 0 Å². The lowest BCUT2D eigenvalue weighted by Crippen LogP contribution is -2.13. The topological polar surface area (TPSA) is 47.8 Å². The molecule has 2 aromatic heterocycles. The zero-order valence-corrected chi connectivity index (χ0v) is 20.6. The number of nitrogens with zero attached hydrogens (tertiary/aromatic N) is 3. The second-order valence-electron chi connectivity index (χ2n) is 8.08. The van der Waals surface area contributed by atoms with Gasteiger partial charge in [-0.3, -0.25) is 4.79 Å². The maximum absolute atomic E-state index is 12.6. The van der Waals surface area contributed by atoms with Crippen LogP contribution in [0.25, 0.3) is 0 Å². The predicted octanol–water partition coefficient (Wildman–Crippen LogP) is 6.43. The SMILES string of the molecule is Cc1ccc(C)cc1.Cc1cccc(Cc2cncn2CC(=O)c2cc(C)nc(Br)c2)c1. The van der Waals surface area contributed by atoms with Crippen LogP contribution < -0.4 is 0 Å². The van der Waals surface area contributed by atoms with Crippen LogP contribution >= 0.6 is 15.9 Å². The van der Waals surface area contributed by atoms with Crippen molar-refractivity contribution >= 4 is 21.7 Å². The Morgan fingerprint density at radius 1 is 0.906 bits per heavy atom. The summed E-state index contributed by atoms with van der Waals surface area (Å²) in [5, 5.41) is 0. The molecular weight excluding hydrogens is 462 g/mol. The lowest BCUT2D eigenvalue weighted by Gasteiger charge is -2.09. The van der Waals surface area contributed by atoms with E-state index in [0.29, 0.717) is 10.2 Å². The molecule has 0 spiro atoms. The zero-order valence-electron chi connectivity index (χ0n) is 19.0. The van der Waals surface area contributed by atoms with E-state index in [2.05, 4.69) is 89.1 Å². The Balaban J connectivity index is 0.000000305. The van der Waals surface area contributed by atoms with Gasteiger partial charge in [0, 0.05) is 29.6 Å². The molecule has 0 aliphatic rings. The summed E-state index contributed by atoms with van der Waals surface area (Å²) in [7, 11) is 0. The predicted molar refractivity (Wildman–Crippen MR) is 133 cm³/mol. The number of hydrogen-bond acceptors (Lipinski definition) is 3. The van der Waals surface area contributed by atoms with Gasteiger partial charge in [-0.15, -0.1) is 0 Å². The van der Waals surface area contributed by atoms with Crippen molar-refractivity contribution < 1.29 is 4.79 Å². The fraction of sp³-hybridized carbons (Fsp3) is 0.222. The molecule has 0 N–H and O–H groups in total. The van der Waals surface area contributed by atoms with Crippen molar-refractivity contribution in [3.05, 3.63) is 117 Å². The highest BCUT2D eigenvalue weighted by molar-refractivity contribution is 9.10. The number of halogens is 1. The summed E-state index contributed by atoms with van der Waals surface area (Å²) in [6.45, 7) is 8.42. The lowest BCUT2D eigenvalue weighted by molar-refractivity contribution is 0.0971. The number of rotatable bonds is 5. The number of carbonyl (C=O) groups excluding carboxylic acids is 1. The van der Waals surface area contributed by atoms with Crippen LogP contribution in [0.1, 0.15) is 44.0 Å². The Bertz CT molecular complexity index is 1150. The second kappa shape index (κ2) is 11.0. The molecule has 0 saturated carbocycles. The Morgan fingerprint density at radius 2 is 1.59 bits per heavy atom. The quantitative estimate of drug-likeness (QED) is 0.239. The molecule has 0 radical (unpaired) electrons. The molecule has 0 unspecified atom stereocenters. The number of imidazole rings is 1. The third kappa shape index (κ3) is 6.99. The molecule has 0 amide bonds. The highest BCUT2D eigenvalue weighted by Gasteiger charge is 2.12. The minimum atomic E-state index is 0.0460. The molecule has 0 aliphatic heterocycles. The molecule has 4 nitrogen and oxygen atoms in total. The maximum Gasteiger partial charge on any atom is 0.182 e. The molecule has 2 heterocycles. The van der Waals surface area contributed by atoms with Gasteiger partial charge in [0.05, 0.1) is 12.9 Å². The summed E-state index contributed by atoms with van der Waals surface area (Å²) < 4.78 is 2.59.